The van der Waals surface area contributed by atoms with Crippen molar-refractivity contribution in [1.29, 1.82) is 0 Å². The Morgan fingerprint density at radius 2 is 1.79 bits per heavy atom. The average molecular weight is 417 g/mol. The summed E-state index contributed by atoms with van der Waals surface area (Å²) in [7, 11) is -3.86. The van der Waals surface area contributed by atoms with Gasteiger partial charge in [0.2, 0.25) is 0 Å². The minimum absolute atomic E-state index is 0.0741. The van der Waals surface area contributed by atoms with E-state index in [2.05, 4.69) is 26.1 Å². The second kappa shape index (κ2) is 7.71. The maximum absolute atomic E-state index is 13.4. The van der Waals surface area contributed by atoms with Gasteiger partial charge >= 0.3 is 0 Å². The third kappa shape index (κ3) is 4.40. The van der Waals surface area contributed by atoms with Gasteiger partial charge in [-0.2, -0.15) is 0 Å². The summed E-state index contributed by atoms with van der Waals surface area (Å²) in [6, 6.07) is 13.7. The number of nitrogens with one attached hydrogen (secondary N) is 1. The first kappa shape index (κ1) is 21.2. The van der Waals surface area contributed by atoms with Crippen molar-refractivity contribution in [1.82, 2.24) is 5.32 Å². The number of hydrogen-bond donors (Lipinski definition) is 1. The van der Waals surface area contributed by atoms with Crippen LogP contribution in [0.4, 0.5) is 5.69 Å². The summed E-state index contributed by atoms with van der Waals surface area (Å²) in [5.41, 5.74) is 1.27. The highest BCUT2D eigenvalue weighted by Crippen LogP contribution is 2.40. The van der Waals surface area contributed by atoms with Crippen molar-refractivity contribution in [2.45, 2.75) is 57.1 Å². The molecule has 1 aliphatic rings. The third-order valence-electron chi connectivity index (χ3n) is 4.75. The number of nitrogens with zero attached hydrogens (tertiary/aromatic N) is 1. The molecule has 3 rings (SSSR count). The molecule has 2 aromatic carbocycles. The topological polar surface area (TPSA) is 75.7 Å². The van der Waals surface area contributed by atoms with Crippen LogP contribution in [0.3, 0.4) is 0 Å². The van der Waals surface area contributed by atoms with Crippen molar-refractivity contribution in [2.75, 3.05) is 10.8 Å². The van der Waals surface area contributed by atoms with E-state index in [9.17, 15) is 13.2 Å². The van der Waals surface area contributed by atoms with Crippen LogP contribution >= 0.6 is 0 Å². The standard InChI is InChI=1S/C22H28N2O4S/c1-15(2)23-21(25)20-14-24(29(26,27)17-9-7-6-8-10-17)18-13-16(22(3,4)5)11-12-19(18)28-20/h6-13,15,20H,14H2,1-5H3,(H,23,25)/t20-/m1/s1. The predicted molar refractivity (Wildman–Crippen MR) is 114 cm³/mol. The van der Waals surface area contributed by atoms with E-state index in [0.29, 0.717) is 11.4 Å². The number of sulfonamides is 1. The van der Waals surface area contributed by atoms with Gasteiger partial charge in [0.05, 0.1) is 17.1 Å². The fraction of sp³-hybridized carbons (Fsp3) is 0.409. The number of amides is 1. The summed E-state index contributed by atoms with van der Waals surface area (Å²) < 4.78 is 34.1. The number of anilines is 1. The zero-order valence-electron chi connectivity index (χ0n) is 17.5. The van der Waals surface area contributed by atoms with Crippen molar-refractivity contribution >= 4 is 21.6 Å². The second-order valence-electron chi connectivity index (χ2n) is 8.55. The Kier molecular flexibility index (Phi) is 5.63. The molecule has 0 aliphatic carbocycles. The fourth-order valence-corrected chi connectivity index (χ4v) is 4.67. The first-order valence-electron chi connectivity index (χ1n) is 9.69. The summed E-state index contributed by atoms with van der Waals surface area (Å²) in [6.07, 6.45) is -0.927. The second-order valence-corrected chi connectivity index (χ2v) is 10.4. The largest absolute Gasteiger partial charge is 0.476 e. The lowest BCUT2D eigenvalue weighted by atomic mass is 9.86. The van der Waals surface area contributed by atoms with Gasteiger partial charge in [-0.1, -0.05) is 45.0 Å². The van der Waals surface area contributed by atoms with Crippen molar-refractivity contribution < 1.29 is 17.9 Å². The van der Waals surface area contributed by atoms with Gasteiger partial charge in [-0.3, -0.25) is 9.10 Å². The van der Waals surface area contributed by atoms with Gasteiger partial charge in [0, 0.05) is 6.04 Å². The summed E-state index contributed by atoms with van der Waals surface area (Å²) in [5.74, 6) is 0.0477. The van der Waals surface area contributed by atoms with Crippen LogP contribution < -0.4 is 14.4 Å². The maximum Gasteiger partial charge on any atom is 0.264 e. The number of rotatable bonds is 4. The third-order valence-corrected chi connectivity index (χ3v) is 6.54. The van der Waals surface area contributed by atoms with Crippen molar-refractivity contribution in [3.63, 3.8) is 0 Å². The number of benzene rings is 2. The van der Waals surface area contributed by atoms with E-state index in [1.807, 2.05) is 26.0 Å². The van der Waals surface area contributed by atoms with Gasteiger partial charge in [0.15, 0.2) is 6.10 Å². The minimum atomic E-state index is -3.86. The van der Waals surface area contributed by atoms with E-state index in [1.165, 1.54) is 4.31 Å². The molecule has 1 aliphatic heterocycles. The van der Waals surface area contributed by atoms with E-state index in [0.717, 1.165) is 5.56 Å². The van der Waals surface area contributed by atoms with Crippen molar-refractivity contribution in [3.05, 3.63) is 54.1 Å². The lowest BCUT2D eigenvalue weighted by molar-refractivity contribution is -0.128. The van der Waals surface area contributed by atoms with E-state index >= 15 is 0 Å². The molecule has 7 heteroatoms. The van der Waals surface area contributed by atoms with Gasteiger partial charge in [0.1, 0.15) is 5.75 Å². The molecule has 0 saturated heterocycles. The van der Waals surface area contributed by atoms with Crippen LogP contribution in [0.1, 0.15) is 40.2 Å². The Labute approximate surface area is 172 Å². The van der Waals surface area contributed by atoms with Crippen LogP contribution in [0.2, 0.25) is 0 Å². The van der Waals surface area contributed by atoms with Gasteiger partial charge in [0.25, 0.3) is 15.9 Å². The summed E-state index contributed by atoms with van der Waals surface area (Å²) in [5, 5.41) is 2.81. The van der Waals surface area contributed by atoms with Gasteiger partial charge in [-0.15, -0.1) is 0 Å². The van der Waals surface area contributed by atoms with Crippen LogP contribution in [0.15, 0.2) is 53.4 Å². The molecule has 0 radical (unpaired) electrons. The normalized spacial score (nSPS) is 16.9. The van der Waals surface area contributed by atoms with Crippen LogP contribution in [0, 0.1) is 0 Å². The molecule has 6 nitrogen and oxygen atoms in total. The molecule has 29 heavy (non-hydrogen) atoms. The number of carbonyl (C=O) groups excluding carboxylic acids is 1. The number of ether oxygens (including phenoxy) is 1. The molecule has 0 spiro atoms. The molecule has 0 bridgehead atoms. The molecule has 0 saturated carbocycles. The first-order valence-corrected chi connectivity index (χ1v) is 11.1. The number of hydrogen-bond acceptors (Lipinski definition) is 4. The molecule has 1 heterocycles. The molecular weight excluding hydrogens is 388 g/mol. The number of fused-ring (bicyclic) bond motifs is 1. The summed E-state index contributed by atoms with van der Waals surface area (Å²) >= 11 is 0. The molecule has 1 N–H and O–H groups in total. The average Bonchev–Trinajstić information content (AvgIpc) is 2.66. The fourth-order valence-electron chi connectivity index (χ4n) is 3.18. The zero-order valence-corrected chi connectivity index (χ0v) is 18.3. The van der Waals surface area contributed by atoms with Gasteiger partial charge in [-0.05, 0) is 49.1 Å². The maximum atomic E-state index is 13.4. The highest BCUT2D eigenvalue weighted by molar-refractivity contribution is 7.92. The highest BCUT2D eigenvalue weighted by atomic mass is 32.2. The predicted octanol–water partition coefficient (Wildman–Crippen LogP) is 3.47. The molecule has 2 aromatic rings. The Bertz CT molecular complexity index is 995. The lowest BCUT2D eigenvalue weighted by Crippen LogP contribution is -2.51. The number of carbonyl (C=O) groups is 1. The van der Waals surface area contributed by atoms with Crippen LogP contribution in [-0.4, -0.2) is 33.0 Å². The summed E-state index contributed by atoms with van der Waals surface area (Å²) in [4.78, 5) is 12.8. The van der Waals surface area contributed by atoms with Crippen LogP contribution in [0.25, 0.3) is 0 Å². The van der Waals surface area contributed by atoms with E-state index in [-0.39, 0.29) is 28.8 Å². The Hall–Kier alpha value is -2.54. The SMILES string of the molecule is CC(C)NC(=O)[C@H]1CN(S(=O)(=O)c2ccccc2)c2cc(C(C)(C)C)ccc2O1. The highest BCUT2D eigenvalue weighted by Gasteiger charge is 2.38. The molecule has 0 unspecified atom stereocenters. The molecule has 1 atom stereocenters. The van der Waals surface area contributed by atoms with Crippen LogP contribution in [-0.2, 0) is 20.2 Å². The molecule has 1 amide bonds. The van der Waals surface area contributed by atoms with Crippen molar-refractivity contribution in [2.24, 2.45) is 0 Å². The molecule has 0 fully saturated rings. The Morgan fingerprint density at radius 1 is 1.14 bits per heavy atom. The lowest BCUT2D eigenvalue weighted by Gasteiger charge is -2.36. The van der Waals surface area contributed by atoms with Crippen molar-refractivity contribution in [3.8, 4) is 5.75 Å². The van der Waals surface area contributed by atoms with Crippen LogP contribution in [0.5, 0.6) is 5.75 Å². The van der Waals surface area contributed by atoms with Gasteiger partial charge < -0.3 is 10.1 Å². The van der Waals surface area contributed by atoms with E-state index < -0.39 is 16.1 Å². The monoisotopic (exact) mass is 416 g/mol. The molecule has 0 aromatic heterocycles. The smallest absolute Gasteiger partial charge is 0.264 e. The Balaban J connectivity index is 2.11. The molecular formula is C22H28N2O4S. The van der Waals surface area contributed by atoms with E-state index in [4.69, 9.17) is 4.74 Å². The quantitative estimate of drug-likeness (QED) is 0.828. The molecule has 156 valence electrons. The minimum Gasteiger partial charge on any atom is -0.476 e. The Morgan fingerprint density at radius 3 is 2.38 bits per heavy atom. The summed E-state index contributed by atoms with van der Waals surface area (Å²) in [6.45, 7) is 9.80. The first-order chi connectivity index (χ1) is 13.5. The zero-order chi connectivity index (χ0) is 21.4. The van der Waals surface area contributed by atoms with E-state index in [1.54, 1.807) is 36.4 Å². The van der Waals surface area contributed by atoms with Gasteiger partial charge in [-0.25, -0.2) is 8.42 Å².